The number of benzene rings is 2. The highest BCUT2D eigenvalue weighted by molar-refractivity contribution is 6.04. The SMILES string of the molecule is COCCCOc1ccccc1NC(=O)/C=C(/C)c1ccccc1F. The Bertz CT molecular complexity index is 743. The molecule has 0 aliphatic carbocycles. The number of nitrogens with one attached hydrogen (secondary N) is 1. The van der Waals surface area contributed by atoms with Crippen molar-refractivity contribution in [2.24, 2.45) is 0 Å². The first kappa shape index (κ1) is 18.7. The van der Waals surface area contributed by atoms with E-state index in [-0.39, 0.29) is 11.7 Å². The maximum atomic E-state index is 13.8. The highest BCUT2D eigenvalue weighted by Gasteiger charge is 2.08. The Morgan fingerprint density at radius 2 is 1.84 bits per heavy atom. The van der Waals surface area contributed by atoms with Crippen molar-refractivity contribution < 1.29 is 18.7 Å². The van der Waals surface area contributed by atoms with E-state index < -0.39 is 0 Å². The molecule has 0 radical (unpaired) electrons. The zero-order chi connectivity index (χ0) is 18.1. The van der Waals surface area contributed by atoms with Gasteiger partial charge in [0.05, 0.1) is 12.3 Å². The van der Waals surface area contributed by atoms with Crippen LogP contribution < -0.4 is 10.1 Å². The average molecular weight is 343 g/mol. The Labute approximate surface area is 147 Å². The summed E-state index contributed by atoms with van der Waals surface area (Å²) in [5.41, 5.74) is 1.53. The Balaban J connectivity index is 2.05. The maximum Gasteiger partial charge on any atom is 0.248 e. The first-order valence-electron chi connectivity index (χ1n) is 8.06. The molecule has 25 heavy (non-hydrogen) atoms. The number of hydrogen-bond acceptors (Lipinski definition) is 3. The molecule has 0 atom stereocenters. The van der Waals surface area contributed by atoms with Crippen LogP contribution in [-0.4, -0.2) is 26.2 Å². The fourth-order valence-electron chi connectivity index (χ4n) is 2.31. The van der Waals surface area contributed by atoms with Crippen molar-refractivity contribution in [1.82, 2.24) is 0 Å². The van der Waals surface area contributed by atoms with Crippen molar-refractivity contribution in [1.29, 1.82) is 0 Å². The number of halogens is 1. The molecule has 0 saturated heterocycles. The van der Waals surface area contributed by atoms with Crippen molar-refractivity contribution in [2.75, 3.05) is 25.6 Å². The molecule has 132 valence electrons. The van der Waals surface area contributed by atoms with Crippen LogP contribution in [0, 0.1) is 5.82 Å². The maximum absolute atomic E-state index is 13.8. The number of carbonyl (C=O) groups excluding carboxylic acids is 1. The lowest BCUT2D eigenvalue weighted by Gasteiger charge is -2.12. The van der Waals surface area contributed by atoms with Gasteiger partial charge in [0.25, 0.3) is 0 Å². The van der Waals surface area contributed by atoms with E-state index in [4.69, 9.17) is 9.47 Å². The number of rotatable bonds is 8. The van der Waals surface area contributed by atoms with Crippen LogP contribution in [0.5, 0.6) is 5.75 Å². The van der Waals surface area contributed by atoms with Gasteiger partial charge < -0.3 is 14.8 Å². The van der Waals surface area contributed by atoms with E-state index in [0.717, 1.165) is 6.42 Å². The highest BCUT2D eigenvalue weighted by Crippen LogP contribution is 2.24. The number of allylic oxidation sites excluding steroid dienone is 1. The number of carbonyl (C=O) groups is 1. The van der Waals surface area contributed by atoms with Gasteiger partial charge >= 0.3 is 0 Å². The van der Waals surface area contributed by atoms with Crippen LogP contribution in [0.2, 0.25) is 0 Å². The summed E-state index contributed by atoms with van der Waals surface area (Å²) in [7, 11) is 1.64. The lowest BCUT2D eigenvalue weighted by atomic mass is 10.1. The largest absolute Gasteiger partial charge is 0.491 e. The Hall–Kier alpha value is -2.66. The fourth-order valence-corrected chi connectivity index (χ4v) is 2.31. The van der Waals surface area contributed by atoms with Crippen LogP contribution in [-0.2, 0) is 9.53 Å². The summed E-state index contributed by atoms with van der Waals surface area (Å²) in [6.07, 6.45) is 2.13. The molecule has 0 unspecified atom stereocenters. The van der Waals surface area contributed by atoms with Crippen molar-refractivity contribution in [3.8, 4) is 5.75 Å². The smallest absolute Gasteiger partial charge is 0.248 e. The highest BCUT2D eigenvalue weighted by atomic mass is 19.1. The minimum Gasteiger partial charge on any atom is -0.491 e. The number of para-hydroxylation sites is 2. The summed E-state index contributed by atoms with van der Waals surface area (Å²) in [6.45, 7) is 2.80. The Morgan fingerprint density at radius 1 is 1.12 bits per heavy atom. The molecular weight excluding hydrogens is 321 g/mol. The van der Waals surface area contributed by atoms with Crippen LogP contribution in [0.4, 0.5) is 10.1 Å². The van der Waals surface area contributed by atoms with Gasteiger partial charge in [-0.3, -0.25) is 4.79 Å². The molecule has 4 nitrogen and oxygen atoms in total. The third-order valence-electron chi connectivity index (χ3n) is 3.54. The molecule has 0 fully saturated rings. The van der Waals surface area contributed by atoms with Crippen LogP contribution in [0.25, 0.3) is 5.57 Å². The average Bonchev–Trinajstić information content (AvgIpc) is 2.60. The number of anilines is 1. The molecular formula is C20H22FNO3. The van der Waals surface area contributed by atoms with Crippen LogP contribution >= 0.6 is 0 Å². The molecule has 0 saturated carbocycles. The molecule has 1 amide bonds. The van der Waals surface area contributed by atoms with Gasteiger partial charge in [-0.1, -0.05) is 30.3 Å². The summed E-state index contributed by atoms with van der Waals surface area (Å²) in [5.74, 6) is -0.108. The summed E-state index contributed by atoms with van der Waals surface area (Å²) >= 11 is 0. The van der Waals surface area contributed by atoms with E-state index in [1.54, 1.807) is 44.4 Å². The minimum absolute atomic E-state index is 0.339. The normalized spacial score (nSPS) is 11.2. The molecule has 0 aromatic heterocycles. The molecule has 5 heteroatoms. The third kappa shape index (κ3) is 5.72. The van der Waals surface area contributed by atoms with Gasteiger partial charge in [0.1, 0.15) is 11.6 Å². The van der Waals surface area contributed by atoms with Gasteiger partial charge in [-0.25, -0.2) is 4.39 Å². The molecule has 0 heterocycles. The van der Waals surface area contributed by atoms with E-state index in [1.807, 2.05) is 12.1 Å². The summed E-state index contributed by atoms with van der Waals surface area (Å²) in [5, 5.41) is 2.78. The van der Waals surface area contributed by atoms with E-state index >= 15 is 0 Å². The predicted octanol–water partition coefficient (Wildman–Crippen LogP) is 4.28. The molecule has 2 rings (SSSR count). The van der Waals surface area contributed by atoms with E-state index in [9.17, 15) is 9.18 Å². The van der Waals surface area contributed by atoms with E-state index in [2.05, 4.69) is 5.32 Å². The van der Waals surface area contributed by atoms with Crippen LogP contribution in [0.3, 0.4) is 0 Å². The fraction of sp³-hybridized carbons (Fsp3) is 0.250. The van der Waals surface area contributed by atoms with Gasteiger partial charge in [0, 0.05) is 31.8 Å². The van der Waals surface area contributed by atoms with Crippen LogP contribution in [0.1, 0.15) is 18.9 Å². The Morgan fingerprint density at radius 3 is 2.60 bits per heavy atom. The van der Waals surface area contributed by atoms with Crippen molar-refractivity contribution in [3.05, 3.63) is 66.0 Å². The zero-order valence-corrected chi connectivity index (χ0v) is 14.4. The lowest BCUT2D eigenvalue weighted by Crippen LogP contribution is -2.11. The number of methoxy groups -OCH3 is 1. The predicted molar refractivity (Wildman–Crippen MR) is 97.1 cm³/mol. The molecule has 0 aliphatic rings. The quantitative estimate of drug-likeness (QED) is 0.575. The van der Waals surface area contributed by atoms with Crippen molar-refractivity contribution in [3.63, 3.8) is 0 Å². The molecule has 0 bridgehead atoms. The minimum atomic E-state index is -0.356. The van der Waals surface area contributed by atoms with E-state index in [1.165, 1.54) is 12.1 Å². The molecule has 0 aliphatic heterocycles. The first-order chi connectivity index (χ1) is 12.1. The topological polar surface area (TPSA) is 47.6 Å². The number of amides is 1. The van der Waals surface area contributed by atoms with Gasteiger partial charge in [0.15, 0.2) is 0 Å². The summed E-state index contributed by atoms with van der Waals surface area (Å²) in [4.78, 5) is 12.3. The third-order valence-corrected chi connectivity index (χ3v) is 3.54. The molecule has 2 aromatic rings. The molecule has 0 spiro atoms. The second-order valence-corrected chi connectivity index (χ2v) is 5.49. The van der Waals surface area contributed by atoms with Crippen molar-refractivity contribution in [2.45, 2.75) is 13.3 Å². The number of hydrogen-bond donors (Lipinski definition) is 1. The Kier molecular flexibility index (Phi) is 7.16. The standard InChI is InChI=1S/C20H22FNO3/c1-15(16-8-3-4-9-17(16)21)14-20(23)22-18-10-5-6-11-19(18)25-13-7-12-24-2/h3-6,8-11,14H,7,12-13H2,1-2H3,(H,22,23)/b15-14-. The molecule has 2 aromatic carbocycles. The van der Waals surface area contributed by atoms with Crippen molar-refractivity contribution >= 4 is 17.2 Å². The second kappa shape index (κ2) is 9.59. The van der Waals surface area contributed by atoms with E-state index in [0.29, 0.717) is 35.8 Å². The van der Waals surface area contributed by atoms with Gasteiger partial charge in [-0.05, 0) is 30.7 Å². The zero-order valence-electron chi connectivity index (χ0n) is 14.4. The lowest BCUT2D eigenvalue weighted by molar-refractivity contribution is -0.111. The van der Waals surface area contributed by atoms with Gasteiger partial charge in [-0.15, -0.1) is 0 Å². The van der Waals surface area contributed by atoms with Gasteiger partial charge in [0.2, 0.25) is 5.91 Å². The summed E-state index contributed by atoms with van der Waals surface area (Å²) < 4.78 is 24.4. The van der Waals surface area contributed by atoms with Gasteiger partial charge in [-0.2, -0.15) is 0 Å². The van der Waals surface area contributed by atoms with Crippen LogP contribution in [0.15, 0.2) is 54.6 Å². The second-order valence-electron chi connectivity index (χ2n) is 5.49. The monoisotopic (exact) mass is 343 g/mol. The molecule has 1 N–H and O–H groups in total. The first-order valence-corrected chi connectivity index (χ1v) is 8.06. The number of ether oxygens (including phenoxy) is 2. The summed E-state index contributed by atoms with van der Waals surface area (Å²) in [6, 6.07) is 13.5.